The van der Waals surface area contributed by atoms with E-state index in [1.807, 2.05) is 42.5 Å². The van der Waals surface area contributed by atoms with Crippen LogP contribution in [0.1, 0.15) is 18.5 Å². The molecule has 2 rings (SSSR count). The van der Waals surface area contributed by atoms with Gasteiger partial charge >= 0.3 is 0 Å². The van der Waals surface area contributed by atoms with E-state index < -0.39 is 0 Å². The van der Waals surface area contributed by atoms with Crippen LogP contribution < -0.4 is 5.32 Å². The van der Waals surface area contributed by atoms with E-state index >= 15 is 0 Å². The fourth-order valence-electron chi connectivity index (χ4n) is 1.72. The Morgan fingerprint density at radius 2 is 1.71 bits per heavy atom. The summed E-state index contributed by atoms with van der Waals surface area (Å²) in [4.78, 5) is 0. The van der Waals surface area contributed by atoms with Gasteiger partial charge in [0.2, 0.25) is 0 Å². The van der Waals surface area contributed by atoms with Crippen molar-refractivity contribution >= 4 is 33.2 Å². The summed E-state index contributed by atoms with van der Waals surface area (Å²) in [5.74, 6) is 0. The minimum Gasteiger partial charge on any atom is -0.377 e. The molecular formula is C14H13BrClN. The predicted octanol–water partition coefficient (Wildman–Crippen LogP) is 5.28. The highest BCUT2D eigenvalue weighted by molar-refractivity contribution is 9.10. The number of benzene rings is 2. The zero-order valence-corrected chi connectivity index (χ0v) is 11.8. The summed E-state index contributed by atoms with van der Waals surface area (Å²) < 4.78 is 1.10. The second-order valence-corrected chi connectivity index (χ2v) is 5.13. The molecule has 0 heterocycles. The number of hydrogen-bond acceptors (Lipinski definition) is 1. The van der Waals surface area contributed by atoms with E-state index in [0.29, 0.717) is 0 Å². The van der Waals surface area contributed by atoms with Gasteiger partial charge in [0.15, 0.2) is 0 Å². The Morgan fingerprint density at radius 1 is 1.06 bits per heavy atom. The van der Waals surface area contributed by atoms with Gasteiger partial charge in [0.1, 0.15) is 0 Å². The van der Waals surface area contributed by atoms with Gasteiger partial charge < -0.3 is 5.32 Å². The van der Waals surface area contributed by atoms with Gasteiger partial charge in [-0.05, 0) is 30.7 Å². The quantitative estimate of drug-likeness (QED) is 0.813. The van der Waals surface area contributed by atoms with E-state index in [1.165, 1.54) is 5.56 Å². The molecule has 0 aliphatic heterocycles. The topological polar surface area (TPSA) is 12.0 Å². The first-order valence-corrected chi connectivity index (χ1v) is 6.61. The van der Waals surface area contributed by atoms with Crippen molar-refractivity contribution in [2.75, 3.05) is 5.32 Å². The van der Waals surface area contributed by atoms with Crippen molar-refractivity contribution in [3.63, 3.8) is 0 Å². The molecule has 0 bridgehead atoms. The maximum atomic E-state index is 6.12. The third-order valence-corrected chi connectivity index (χ3v) is 3.67. The monoisotopic (exact) mass is 309 g/mol. The van der Waals surface area contributed by atoms with Crippen molar-refractivity contribution in [3.8, 4) is 0 Å². The lowest BCUT2D eigenvalue weighted by Gasteiger charge is -2.17. The molecule has 0 aliphatic carbocycles. The highest BCUT2D eigenvalue weighted by Crippen LogP contribution is 2.29. The van der Waals surface area contributed by atoms with E-state index in [2.05, 4.69) is 34.2 Å². The van der Waals surface area contributed by atoms with Gasteiger partial charge in [-0.1, -0.05) is 57.9 Å². The van der Waals surface area contributed by atoms with Gasteiger partial charge in [-0.3, -0.25) is 0 Å². The van der Waals surface area contributed by atoms with Crippen LogP contribution in [0.3, 0.4) is 0 Å². The SMILES string of the molecule is CC(Nc1ccccc1Cl)c1ccccc1Br. The van der Waals surface area contributed by atoms with Crippen LogP contribution in [0.2, 0.25) is 5.02 Å². The first-order valence-electron chi connectivity index (χ1n) is 5.44. The Balaban J connectivity index is 2.20. The normalized spacial score (nSPS) is 12.2. The molecule has 0 amide bonds. The average Bonchev–Trinajstić information content (AvgIpc) is 2.32. The Kier molecular flexibility index (Phi) is 4.08. The number of nitrogens with one attached hydrogen (secondary N) is 1. The summed E-state index contributed by atoms with van der Waals surface area (Å²) in [7, 11) is 0. The fraction of sp³-hybridized carbons (Fsp3) is 0.143. The van der Waals surface area contributed by atoms with Gasteiger partial charge in [-0.25, -0.2) is 0 Å². The maximum absolute atomic E-state index is 6.12. The molecule has 0 saturated carbocycles. The fourth-order valence-corrected chi connectivity index (χ4v) is 2.53. The van der Waals surface area contributed by atoms with E-state index in [0.717, 1.165) is 15.2 Å². The van der Waals surface area contributed by atoms with Gasteiger partial charge in [0.05, 0.1) is 10.7 Å². The summed E-state index contributed by atoms with van der Waals surface area (Å²) in [5.41, 5.74) is 2.17. The lowest BCUT2D eigenvalue weighted by Crippen LogP contribution is -2.07. The van der Waals surface area contributed by atoms with Gasteiger partial charge in [0.25, 0.3) is 0 Å². The molecule has 1 nitrogen and oxygen atoms in total. The minimum atomic E-state index is 0.200. The number of para-hydroxylation sites is 1. The maximum Gasteiger partial charge on any atom is 0.0637 e. The molecule has 2 aromatic rings. The number of rotatable bonds is 3. The summed E-state index contributed by atoms with van der Waals surface area (Å²) in [6.07, 6.45) is 0. The molecule has 0 aliphatic rings. The van der Waals surface area contributed by atoms with Crippen LogP contribution in [0.4, 0.5) is 5.69 Å². The molecule has 2 aromatic carbocycles. The van der Waals surface area contributed by atoms with Crippen molar-refractivity contribution in [1.29, 1.82) is 0 Å². The highest BCUT2D eigenvalue weighted by atomic mass is 79.9. The first kappa shape index (κ1) is 12.5. The number of anilines is 1. The molecular weight excluding hydrogens is 298 g/mol. The standard InChI is InChI=1S/C14H13BrClN/c1-10(11-6-2-3-7-12(11)15)17-14-9-5-4-8-13(14)16/h2-10,17H,1H3. The molecule has 0 spiro atoms. The lowest BCUT2D eigenvalue weighted by atomic mass is 10.1. The van der Waals surface area contributed by atoms with Crippen molar-refractivity contribution in [1.82, 2.24) is 0 Å². The summed E-state index contributed by atoms with van der Waals surface area (Å²) >= 11 is 9.68. The molecule has 1 unspecified atom stereocenters. The average molecular weight is 311 g/mol. The van der Waals surface area contributed by atoms with Crippen molar-refractivity contribution in [3.05, 3.63) is 63.6 Å². The highest BCUT2D eigenvalue weighted by Gasteiger charge is 2.09. The summed E-state index contributed by atoms with van der Waals surface area (Å²) in [6, 6.07) is 16.1. The molecule has 1 atom stereocenters. The third kappa shape index (κ3) is 3.02. The van der Waals surface area contributed by atoms with Crippen LogP contribution in [0.15, 0.2) is 53.0 Å². The smallest absolute Gasteiger partial charge is 0.0637 e. The van der Waals surface area contributed by atoms with Crippen LogP contribution in [0.25, 0.3) is 0 Å². The molecule has 0 fully saturated rings. The number of halogens is 2. The summed E-state index contributed by atoms with van der Waals surface area (Å²) in [5, 5.41) is 4.15. The van der Waals surface area contributed by atoms with Crippen molar-refractivity contribution in [2.24, 2.45) is 0 Å². The Labute approximate surface area is 115 Å². The van der Waals surface area contributed by atoms with Crippen LogP contribution in [0, 0.1) is 0 Å². The Bertz CT molecular complexity index is 513. The van der Waals surface area contributed by atoms with E-state index in [4.69, 9.17) is 11.6 Å². The predicted molar refractivity (Wildman–Crippen MR) is 77.6 cm³/mol. The minimum absolute atomic E-state index is 0.200. The zero-order chi connectivity index (χ0) is 12.3. The molecule has 3 heteroatoms. The van der Waals surface area contributed by atoms with Crippen LogP contribution >= 0.6 is 27.5 Å². The van der Waals surface area contributed by atoms with Gasteiger partial charge in [-0.15, -0.1) is 0 Å². The molecule has 17 heavy (non-hydrogen) atoms. The molecule has 88 valence electrons. The lowest BCUT2D eigenvalue weighted by molar-refractivity contribution is 0.879. The van der Waals surface area contributed by atoms with Crippen molar-refractivity contribution < 1.29 is 0 Å². The Hall–Kier alpha value is -0.990. The second kappa shape index (κ2) is 5.56. The van der Waals surface area contributed by atoms with Crippen LogP contribution in [-0.4, -0.2) is 0 Å². The molecule has 1 N–H and O–H groups in total. The zero-order valence-electron chi connectivity index (χ0n) is 9.45. The van der Waals surface area contributed by atoms with Gasteiger partial charge in [-0.2, -0.15) is 0 Å². The van der Waals surface area contributed by atoms with Crippen LogP contribution in [-0.2, 0) is 0 Å². The van der Waals surface area contributed by atoms with Crippen molar-refractivity contribution in [2.45, 2.75) is 13.0 Å². The largest absolute Gasteiger partial charge is 0.377 e. The molecule has 0 aromatic heterocycles. The van der Waals surface area contributed by atoms with Crippen LogP contribution in [0.5, 0.6) is 0 Å². The molecule has 0 radical (unpaired) electrons. The van der Waals surface area contributed by atoms with E-state index in [9.17, 15) is 0 Å². The molecule has 0 saturated heterocycles. The Morgan fingerprint density at radius 3 is 2.41 bits per heavy atom. The van der Waals surface area contributed by atoms with E-state index in [1.54, 1.807) is 0 Å². The number of hydrogen-bond donors (Lipinski definition) is 1. The van der Waals surface area contributed by atoms with E-state index in [-0.39, 0.29) is 6.04 Å². The first-order chi connectivity index (χ1) is 8.18. The second-order valence-electron chi connectivity index (χ2n) is 3.87. The van der Waals surface area contributed by atoms with Gasteiger partial charge in [0, 0.05) is 10.5 Å². The third-order valence-electron chi connectivity index (χ3n) is 2.62. The summed E-state index contributed by atoms with van der Waals surface area (Å²) in [6.45, 7) is 2.11.